The number of nitrogens with zero attached hydrogens (tertiary/aromatic N) is 1. The van der Waals surface area contributed by atoms with E-state index in [1.165, 1.54) is 0 Å². The number of fused-ring (bicyclic) bond motifs is 6. The molecule has 1 amide bonds. The Labute approximate surface area is 280 Å². The van der Waals surface area contributed by atoms with Crippen molar-refractivity contribution < 1.29 is 19.1 Å². The van der Waals surface area contributed by atoms with Gasteiger partial charge in [-0.15, -0.1) is 0 Å². The summed E-state index contributed by atoms with van der Waals surface area (Å²) in [5.74, 6) is -2.41. The van der Waals surface area contributed by atoms with Crippen LogP contribution in [0.25, 0.3) is 6.08 Å². The summed E-state index contributed by atoms with van der Waals surface area (Å²) in [6.07, 6.45) is 3.19. The lowest BCUT2D eigenvalue weighted by Gasteiger charge is -2.37. The van der Waals surface area contributed by atoms with Crippen LogP contribution in [0, 0.1) is 5.92 Å². The van der Waals surface area contributed by atoms with Crippen LogP contribution in [0.4, 0.5) is 11.4 Å². The number of halogens is 1. The van der Waals surface area contributed by atoms with Gasteiger partial charge in [0.15, 0.2) is 11.9 Å². The van der Waals surface area contributed by atoms with Crippen molar-refractivity contribution in [2.24, 2.45) is 5.92 Å². The summed E-state index contributed by atoms with van der Waals surface area (Å²) < 4.78 is 7.39. The van der Waals surface area contributed by atoms with E-state index in [0.717, 1.165) is 26.9 Å². The van der Waals surface area contributed by atoms with Gasteiger partial charge in [0, 0.05) is 21.4 Å². The molecule has 0 aliphatic carbocycles. The molecule has 5 aromatic rings. The molecule has 0 aromatic heterocycles. The number of nitrogens with one attached hydrogen (secondary N) is 1. The molecule has 230 valence electrons. The fourth-order valence-corrected chi connectivity index (χ4v) is 7.91. The van der Waals surface area contributed by atoms with Crippen LogP contribution in [0.15, 0.2) is 144 Å². The molecule has 47 heavy (non-hydrogen) atoms. The molecule has 1 fully saturated rings. The van der Waals surface area contributed by atoms with Gasteiger partial charge in [0.05, 0.1) is 6.04 Å². The highest BCUT2D eigenvalue weighted by molar-refractivity contribution is 9.10. The number of amides is 1. The summed E-state index contributed by atoms with van der Waals surface area (Å²) in [5, 5.41) is 3.07. The maximum Gasteiger partial charge on any atom is 0.314 e. The maximum atomic E-state index is 15.2. The van der Waals surface area contributed by atoms with Gasteiger partial charge < -0.3 is 15.0 Å². The number of hydrogen-bond donors (Lipinski definition) is 1. The molecule has 1 spiro atoms. The van der Waals surface area contributed by atoms with Crippen molar-refractivity contribution in [2.75, 3.05) is 10.2 Å². The van der Waals surface area contributed by atoms with E-state index in [2.05, 4.69) is 21.2 Å². The lowest BCUT2D eigenvalue weighted by Crippen LogP contribution is -2.51. The number of anilines is 2. The van der Waals surface area contributed by atoms with E-state index in [1.54, 1.807) is 12.1 Å². The van der Waals surface area contributed by atoms with Gasteiger partial charge in [-0.2, -0.15) is 0 Å². The number of ether oxygens (including phenoxy) is 1. The number of Topliss-reactive ketones (excluding diaryl/α,β-unsaturated/α-hetero) is 1. The Balaban J connectivity index is 1.36. The van der Waals surface area contributed by atoms with Crippen LogP contribution in [0.2, 0.25) is 0 Å². The zero-order valence-electron chi connectivity index (χ0n) is 25.1. The normalized spacial score (nSPS) is 22.0. The Bertz CT molecular complexity index is 2010. The topological polar surface area (TPSA) is 75.7 Å². The third kappa shape index (κ3) is 4.56. The van der Waals surface area contributed by atoms with Crippen LogP contribution in [0.5, 0.6) is 0 Å². The van der Waals surface area contributed by atoms with Crippen molar-refractivity contribution in [3.05, 3.63) is 172 Å². The van der Waals surface area contributed by atoms with Crippen LogP contribution in [0.3, 0.4) is 0 Å². The maximum absolute atomic E-state index is 15.2. The van der Waals surface area contributed by atoms with Crippen LogP contribution < -0.4 is 10.2 Å². The Morgan fingerprint density at radius 2 is 1.38 bits per heavy atom. The molecule has 3 heterocycles. The molecule has 3 aliphatic heterocycles. The first-order chi connectivity index (χ1) is 23.0. The monoisotopic (exact) mass is 680 g/mol. The Hall–Kier alpha value is -5.27. The van der Waals surface area contributed by atoms with Gasteiger partial charge in [0.2, 0.25) is 5.91 Å². The Morgan fingerprint density at radius 1 is 0.766 bits per heavy atom. The molecular formula is C40H29BrN2O4. The van der Waals surface area contributed by atoms with E-state index < -0.39 is 35.5 Å². The van der Waals surface area contributed by atoms with Crippen LogP contribution >= 0.6 is 15.9 Å². The molecule has 3 aliphatic rings. The van der Waals surface area contributed by atoms with E-state index in [-0.39, 0.29) is 11.7 Å². The summed E-state index contributed by atoms with van der Waals surface area (Å²) in [5.41, 5.74) is 3.54. The van der Waals surface area contributed by atoms with Gasteiger partial charge in [0.1, 0.15) is 17.4 Å². The number of benzene rings is 5. The highest BCUT2D eigenvalue weighted by atomic mass is 79.9. The standard InChI is InChI=1S/C40H29BrN2O4/c41-29-22-19-26(20-23-29)36(44)35-34(38(45)47-37(27-12-3-1-4-13-27)28-14-5-2-6-15-28)40(30-16-8-9-17-31(30)42-39(40)46)33-24-21-25-11-7-10-18-32(25)43(33)35/h1-24,33-35,37H,(H,42,46). The predicted octanol–water partition coefficient (Wildman–Crippen LogP) is 7.76. The predicted molar refractivity (Wildman–Crippen MR) is 185 cm³/mol. The Morgan fingerprint density at radius 3 is 2.09 bits per heavy atom. The lowest BCUT2D eigenvalue weighted by molar-refractivity contribution is -0.156. The summed E-state index contributed by atoms with van der Waals surface area (Å²) in [4.78, 5) is 46.7. The quantitative estimate of drug-likeness (QED) is 0.147. The fraction of sp³-hybridized carbons (Fsp3) is 0.125. The van der Waals surface area contributed by atoms with Gasteiger partial charge in [-0.1, -0.05) is 137 Å². The number of hydrogen-bond acceptors (Lipinski definition) is 5. The van der Waals surface area contributed by atoms with Crippen molar-refractivity contribution in [1.29, 1.82) is 0 Å². The number of ketones is 1. The number of carbonyl (C=O) groups excluding carboxylic acids is 3. The van der Waals surface area contributed by atoms with E-state index in [1.807, 2.05) is 138 Å². The average Bonchev–Trinajstić information content (AvgIpc) is 3.60. The van der Waals surface area contributed by atoms with Crippen molar-refractivity contribution in [3.8, 4) is 0 Å². The molecule has 1 saturated heterocycles. The van der Waals surface area contributed by atoms with E-state index in [0.29, 0.717) is 16.8 Å². The number of carbonyl (C=O) groups is 3. The molecule has 4 atom stereocenters. The summed E-state index contributed by atoms with van der Waals surface area (Å²) in [6.45, 7) is 0. The van der Waals surface area contributed by atoms with Crippen molar-refractivity contribution in [3.63, 3.8) is 0 Å². The lowest BCUT2D eigenvalue weighted by atomic mass is 9.66. The second-order valence-electron chi connectivity index (χ2n) is 12.1. The summed E-state index contributed by atoms with van der Waals surface area (Å²) in [6, 6.07) is 39.8. The van der Waals surface area contributed by atoms with Gasteiger partial charge in [-0.25, -0.2) is 0 Å². The molecular weight excluding hydrogens is 652 g/mol. The second kappa shape index (κ2) is 11.5. The summed E-state index contributed by atoms with van der Waals surface area (Å²) >= 11 is 3.48. The molecule has 0 bridgehead atoms. The smallest absolute Gasteiger partial charge is 0.314 e. The van der Waals surface area contributed by atoms with Gasteiger partial charge >= 0.3 is 5.97 Å². The average molecular weight is 682 g/mol. The van der Waals surface area contributed by atoms with Gasteiger partial charge in [-0.05, 0) is 46.5 Å². The SMILES string of the molecule is O=C(c1ccc(Br)cc1)C1C(C(=O)OC(c2ccccc2)c2ccccc2)C2(C(=O)Nc3ccccc32)C2C=Cc3ccccc3N12. The van der Waals surface area contributed by atoms with Crippen LogP contribution in [-0.2, 0) is 19.7 Å². The largest absolute Gasteiger partial charge is 0.452 e. The van der Waals surface area contributed by atoms with E-state index in [4.69, 9.17) is 4.74 Å². The Kier molecular flexibility index (Phi) is 7.14. The van der Waals surface area contributed by atoms with Crippen molar-refractivity contribution in [1.82, 2.24) is 0 Å². The number of esters is 1. The number of para-hydroxylation sites is 2. The first-order valence-electron chi connectivity index (χ1n) is 15.5. The van der Waals surface area contributed by atoms with Gasteiger partial charge in [-0.3, -0.25) is 14.4 Å². The zero-order valence-corrected chi connectivity index (χ0v) is 26.7. The molecule has 0 radical (unpaired) electrons. The first-order valence-corrected chi connectivity index (χ1v) is 16.3. The van der Waals surface area contributed by atoms with Crippen LogP contribution in [0.1, 0.15) is 38.7 Å². The summed E-state index contributed by atoms with van der Waals surface area (Å²) in [7, 11) is 0. The molecule has 0 saturated carbocycles. The molecule has 4 unspecified atom stereocenters. The highest BCUT2D eigenvalue weighted by Gasteiger charge is 2.71. The minimum atomic E-state index is -1.45. The third-order valence-electron chi connectivity index (χ3n) is 9.63. The van der Waals surface area contributed by atoms with Gasteiger partial charge in [0.25, 0.3) is 0 Å². The molecule has 5 aromatic carbocycles. The first kappa shape index (κ1) is 29.2. The fourth-order valence-electron chi connectivity index (χ4n) is 7.64. The molecule has 8 rings (SSSR count). The molecule has 1 N–H and O–H groups in total. The zero-order chi connectivity index (χ0) is 32.1. The second-order valence-corrected chi connectivity index (χ2v) is 13.0. The van der Waals surface area contributed by atoms with Crippen molar-refractivity contribution >= 4 is 51.0 Å². The van der Waals surface area contributed by atoms with Crippen molar-refractivity contribution in [2.45, 2.75) is 23.6 Å². The molecule has 6 nitrogen and oxygen atoms in total. The van der Waals surface area contributed by atoms with E-state index >= 15 is 4.79 Å². The highest BCUT2D eigenvalue weighted by Crippen LogP contribution is 2.58. The minimum Gasteiger partial charge on any atom is -0.452 e. The minimum absolute atomic E-state index is 0.264. The van der Waals surface area contributed by atoms with E-state index in [9.17, 15) is 9.59 Å². The van der Waals surface area contributed by atoms with Crippen LogP contribution in [-0.4, -0.2) is 29.7 Å². The molecule has 7 heteroatoms. The third-order valence-corrected chi connectivity index (χ3v) is 10.2. The number of rotatable bonds is 6.